The highest BCUT2D eigenvalue weighted by Crippen LogP contribution is 2.11. The third kappa shape index (κ3) is 2.42. The molecule has 0 aliphatic heterocycles. The molecule has 14 heavy (non-hydrogen) atoms. The molecule has 0 spiro atoms. The van der Waals surface area contributed by atoms with Crippen molar-refractivity contribution >= 4 is 5.97 Å². The zero-order chi connectivity index (χ0) is 10.6. The first-order chi connectivity index (χ1) is 6.65. The van der Waals surface area contributed by atoms with Crippen LogP contribution in [0, 0.1) is 5.82 Å². The van der Waals surface area contributed by atoms with Crippen LogP contribution in [0.15, 0.2) is 30.4 Å². The summed E-state index contributed by atoms with van der Waals surface area (Å²) in [6.07, 6.45) is 4.37. The van der Waals surface area contributed by atoms with E-state index in [4.69, 9.17) is 5.11 Å². The molecule has 1 aromatic carbocycles. The summed E-state index contributed by atoms with van der Waals surface area (Å²) in [5.41, 5.74) is 0.486. The maximum Gasteiger partial charge on any atom is 0.338 e. The van der Waals surface area contributed by atoms with Gasteiger partial charge in [0.25, 0.3) is 0 Å². The lowest BCUT2D eigenvalue weighted by atomic mass is 10.1. The average Bonchev–Trinajstić information content (AvgIpc) is 2.14. The molecule has 0 aliphatic rings. The molecule has 0 saturated heterocycles. The van der Waals surface area contributed by atoms with Crippen molar-refractivity contribution in [1.29, 1.82) is 0 Å². The SMILES string of the molecule is CC=CCc1ccc(C(=O)O)c(F)c1. The van der Waals surface area contributed by atoms with E-state index < -0.39 is 11.8 Å². The molecular weight excluding hydrogens is 183 g/mol. The van der Waals surface area contributed by atoms with Gasteiger partial charge in [-0.15, -0.1) is 0 Å². The number of carboxylic acids is 1. The minimum Gasteiger partial charge on any atom is -0.478 e. The standard InChI is InChI=1S/C11H11FO2/c1-2-3-4-8-5-6-9(11(13)14)10(12)7-8/h2-3,5-7H,4H2,1H3,(H,13,14). The Kier molecular flexibility index (Phi) is 3.40. The van der Waals surface area contributed by atoms with Crippen LogP contribution in [0.1, 0.15) is 22.8 Å². The second-order valence-corrected chi connectivity index (χ2v) is 2.89. The van der Waals surface area contributed by atoms with Crippen molar-refractivity contribution in [3.8, 4) is 0 Å². The summed E-state index contributed by atoms with van der Waals surface area (Å²) < 4.78 is 13.1. The first-order valence-electron chi connectivity index (χ1n) is 4.28. The summed E-state index contributed by atoms with van der Waals surface area (Å²) in [6, 6.07) is 4.16. The average molecular weight is 194 g/mol. The van der Waals surface area contributed by atoms with Crippen molar-refractivity contribution in [3.05, 3.63) is 47.3 Å². The Hall–Kier alpha value is -1.64. The van der Waals surface area contributed by atoms with Gasteiger partial charge in [-0.05, 0) is 31.0 Å². The van der Waals surface area contributed by atoms with Crippen LogP contribution in [-0.2, 0) is 6.42 Å². The van der Waals surface area contributed by atoms with Gasteiger partial charge in [-0.3, -0.25) is 0 Å². The Morgan fingerprint density at radius 2 is 2.29 bits per heavy atom. The summed E-state index contributed by atoms with van der Waals surface area (Å²) in [4.78, 5) is 10.5. The van der Waals surface area contributed by atoms with Crippen molar-refractivity contribution in [2.45, 2.75) is 13.3 Å². The number of hydrogen-bond donors (Lipinski definition) is 1. The molecule has 0 bridgehead atoms. The quantitative estimate of drug-likeness (QED) is 0.751. The zero-order valence-electron chi connectivity index (χ0n) is 7.83. The normalized spacial score (nSPS) is 10.7. The fourth-order valence-electron chi connectivity index (χ4n) is 1.11. The molecule has 0 aliphatic carbocycles. The van der Waals surface area contributed by atoms with Gasteiger partial charge in [0.1, 0.15) is 5.82 Å². The largest absolute Gasteiger partial charge is 0.478 e. The minimum atomic E-state index is -1.24. The van der Waals surface area contributed by atoms with Crippen molar-refractivity contribution in [3.63, 3.8) is 0 Å². The molecule has 0 fully saturated rings. The topological polar surface area (TPSA) is 37.3 Å². The second-order valence-electron chi connectivity index (χ2n) is 2.89. The monoisotopic (exact) mass is 194 g/mol. The number of hydrogen-bond acceptors (Lipinski definition) is 1. The fraction of sp³-hybridized carbons (Fsp3) is 0.182. The molecule has 1 rings (SSSR count). The summed E-state index contributed by atoms with van der Waals surface area (Å²) >= 11 is 0. The van der Waals surface area contributed by atoms with E-state index in [-0.39, 0.29) is 5.56 Å². The predicted molar refractivity (Wildman–Crippen MR) is 51.9 cm³/mol. The molecule has 3 heteroatoms. The van der Waals surface area contributed by atoms with E-state index in [1.165, 1.54) is 12.1 Å². The summed E-state index contributed by atoms with van der Waals surface area (Å²) in [5, 5.41) is 8.58. The Bertz CT molecular complexity index is 370. The smallest absolute Gasteiger partial charge is 0.338 e. The van der Waals surface area contributed by atoms with E-state index in [0.717, 1.165) is 5.56 Å². The summed E-state index contributed by atoms with van der Waals surface area (Å²) in [7, 11) is 0. The van der Waals surface area contributed by atoms with Crippen molar-refractivity contribution in [1.82, 2.24) is 0 Å². The van der Waals surface area contributed by atoms with E-state index in [2.05, 4.69) is 0 Å². The van der Waals surface area contributed by atoms with Crippen molar-refractivity contribution < 1.29 is 14.3 Å². The van der Waals surface area contributed by atoms with Crippen molar-refractivity contribution in [2.24, 2.45) is 0 Å². The van der Waals surface area contributed by atoms with Gasteiger partial charge in [-0.2, -0.15) is 0 Å². The molecule has 2 nitrogen and oxygen atoms in total. The van der Waals surface area contributed by atoms with Crippen LogP contribution in [-0.4, -0.2) is 11.1 Å². The molecular formula is C11H11FO2. The number of allylic oxidation sites excluding steroid dienone is 2. The van der Waals surface area contributed by atoms with Gasteiger partial charge in [-0.25, -0.2) is 9.18 Å². The van der Waals surface area contributed by atoms with E-state index in [1.807, 2.05) is 19.1 Å². The van der Waals surface area contributed by atoms with Gasteiger partial charge < -0.3 is 5.11 Å². The van der Waals surface area contributed by atoms with Gasteiger partial charge in [-0.1, -0.05) is 18.2 Å². The van der Waals surface area contributed by atoms with Gasteiger partial charge in [0.15, 0.2) is 0 Å². The number of carbonyl (C=O) groups is 1. The van der Waals surface area contributed by atoms with Crippen LogP contribution in [0.2, 0.25) is 0 Å². The molecule has 0 amide bonds. The molecule has 74 valence electrons. The first-order valence-corrected chi connectivity index (χ1v) is 4.28. The lowest BCUT2D eigenvalue weighted by molar-refractivity contribution is 0.0692. The number of benzene rings is 1. The number of halogens is 1. The second kappa shape index (κ2) is 4.56. The minimum absolute atomic E-state index is 0.283. The van der Waals surface area contributed by atoms with E-state index in [9.17, 15) is 9.18 Å². The molecule has 1 N–H and O–H groups in total. The summed E-state index contributed by atoms with van der Waals surface area (Å²) in [5.74, 6) is -1.92. The highest BCUT2D eigenvalue weighted by Gasteiger charge is 2.09. The van der Waals surface area contributed by atoms with Gasteiger partial charge in [0, 0.05) is 0 Å². The van der Waals surface area contributed by atoms with Gasteiger partial charge >= 0.3 is 5.97 Å². The Morgan fingerprint density at radius 1 is 1.57 bits per heavy atom. The number of carboxylic acid groups (broad SMARTS) is 1. The maximum absolute atomic E-state index is 13.1. The third-order valence-electron chi connectivity index (χ3n) is 1.85. The maximum atomic E-state index is 13.1. The number of rotatable bonds is 3. The lowest BCUT2D eigenvalue weighted by Gasteiger charge is -2.00. The molecule has 0 atom stereocenters. The lowest BCUT2D eigenvalue weighted by Crippen LogP contribution is -2.00. The number of aromatic carboxylic acids is 1. The van der Waals surface area contributed by atoms with Crippen LogP contribution >= 0.6 is 0 Å². The first kappa shape index (κ1) is 10.4. The van der Waals surface area contributed by atoms with Crippen LogP contribution in [0.3, 0.4) is 0 Å². The molecule has 0 saturated carbocycles. The predicted octanol–water partition coefficient (Wildman–Crippen LogP) is 2.64. The molecule has 0 heterocycles. The van der Waals surface area contributed by atoms with Crippen LogP contribution in [0.4, 0.5) is 4.39 Å². The highest BCUT2D eigenvalue weighted by molar-refractivity contribution is 5.87. The van der Waals surface area contributed by atoms with Gasteiger partial charge in [0.05, 0.1) is 5.56 Å². The van der Waals surface area contributed by atoms with E-state index in [0.29, 0.717) is 6.42 Å². The molecule has 0 radical (unpaired) electrons. The molecule has 0 aromatic heterocycles. The van der Waals surface area contributed by atoms with Crippen LogP contribution in [0.5, 0.6) is 0 Å². The third-order valence-corrected chi connectivity index (χ3v) is 1.85. The Morgan fingerprint density at radius 3 is 2.79 bits per heavy atom. The van der Waals surface area contributed by atoms with Crippen LogP contribution in [0.25, 0.3) is 0 Å². The van der Waals surface area contributed by atoms with Gasteiger partial charge in [0.2, 0.25) is 0 Å². The summed E-state index contributed by atoms with van der Waals surface area (Å²) in [6.45, 7) is 1.88. The molecule has 1 aromatic rings. The van der Waals surface area contributed by atoms with Crippen LogP contribution < -0.4 is 0 Å². The Balaban J connectivity index is 2.94. The highest BCUT2D eigenvalue weighted by atomic mass is 19.1. The Labute approximate surface area is 81.7 Å². The van der Waals surface area contributed by atoms with E-state index in [1.54, 1.807) is 6.07 Å². The van der Waals surface area contributed by atoms with E-state index >= 15 is 0 Å². The zero-order valence-corrected chi connectivity index (χ0v) is 7.83. The van der Waals surface area contributed by atoms with Crippen molar-refractivity contribution in [2.75, 3.05) is 0 Å². The molecule has 0 unspecified atom stereocenters. The fourth-order valence-corrected chi connectivity index (χ4v) is 1.11.